The first kappa shape index (κ1) is 21.8. The third kappa shape index (κ3) is 6.04. The molecule has 0 saturated carbocycles. The summed E-state index contributed by atoms with van der Waals surface area (Å²) >= 11 is 6.49. The Hall–Kier alpha value is -2.91. The molecule has 0 spiro atoms. The molecule has 0 aliphatic carbocycles. The van der Waals surface area contributed by atoms with E-state index >= 15 is 0 Å². The molecule has 2 heterocycles. The molecule has 1 amide bonds. The highest BCUT2D eigenvalue weighted by Crippen LogP contribution is 2.23. The quantitative estimate of drug-likeness (QED) is 0.374. The lowest BCUT2D eigenvalue weighted by Gasteiger charge is -2.11. The van der Waals surface area contributed by atoms with Crippen molar-refractivity contribution >= 4 is 40.3 Å². The van der Waals surface area contributed by atoms with Gasteiger partial charge in [0, 0.05) is 35.1 Å². The number of carbonyl (C=O) groups excluding carboxylic acids is 1. The number of thiazole rings is 1. The van der Waals surface area contributed by atoms with Gasteiger partial charge in [-0.05, 0) is 42.9 Å². The van der Waals surface area contributed by atoms with Crippen LogP contribution in [0.1, 0.15) is 36.7 Å². The van der Waals surface area contributed by atoms with E-state index in [0.717, 1.165) is 24.8 Å². The zero-order chi connectivity index (χ0) is 21.3. The minimum Gasteiger partial charge on any atom is -0.491 e. The topological polar surface area (TPSA) is 76.1 Å². The van der Waals surface area contributed by atoms with Crippen molar-refractivity contribution in [2.45, 2.75) is 26.2 Å². The number of hydrogen-bond donors (Lipinski definition) is 2. The van der Waals surface area contributed by atoms with Crippen LogP contribution in [0.4, 0.5) is 10.1 Å². The molecule has 30 heavy (non-hydrogen) atoms. The van der Waals surface area contributed by atoms with Crippen molar-refractivity contribution in [1.29, 1.82) is 0 Å². The zero-order valence-corrected chi connectivity index (χ0v) is 18.0. The molecule has 0 unspecified atom stereocenters. The molecule has 6 nitrogen and oxygen atoms in total. The monoisotopic (exact) mass is 444 g/mol. The number of pyridine rings is 1. The number of amides is 1. The number of nitrogens with zero attached hydrogens (tertiary/aromatic N) is 2. The minimum atomic E-state index is -0.494. The Kier molecular flexibility index (Phi) is 7.81. The smallest absolute Gasteiger partial charge is 0.276 e. The van der Waals surface area contributed by atoms with Gasteiger partial charge in [0.25, 0.3) is 5.91 Å². The van der Waals surface area contributed by atoms with Crippen molar-refractivity contribution < 1.29 is 13.9 Å². The summed E-state index contributed by atoms with van der Waals surface area (Å²) in [6.07, 6.45) is 6.34. The van der Waals surface area contributed by atoms with Crippen molar-refractivity contribution in [2.75, 3.05) is 11.9 Å². The second-order valence-corrected chi connectivity index (χ2v) is 7.65. The molecule has 156 valence electrons. The Bertz CT molecular complexity index is 1010. The number of benzene rings is 1. The molecule has 0 aliphatic heterocycles. The molecule has 2 N–H and O–H groups in total. The van der Waals surface area contributed by atoms with E-state index in [1.165, 1.54) is 23.5 Å². The standard InChI is InChI=1S/C21H21FN4O2S2/c1-2-3-4-10-28-18-8-7-15(11-16(18)22)24-21(29)26-19(27)17-13-30-20(25-17)14-6-5-9-23-12-14/h5-9,11-13H,2-4,10H2,1H3,(H2,24,26,27,29). The van der Waals surface area contributed by atoms with Crippen LogP contribution < -0.4 is 15.4 Å². The van der Waals surface area contributed by atoms with Gasteiger partial charge in [-0.1, -0.05) is 19.8 Å². The minimum absolute atomic E-state index is 0.0481. The summed E-state index contributed by atoms with van der Waals surface area (Å²) in [4.78, 5) is 20.7. The highest BCUT2D eigenvalue weighted by Gasteiger charge is 2.14. The van der Waals surface area contributed by atoms with Crippen LogP contribution in [0.3, 0.4) is 0 Å². The molecule has 9 heteroatoms. The predicted octanol–water partition coefficient (Wildman–Crippen LogP) is 5.04. The Morgan fingerprint density at radius 2 is 2.17 bits per heavy atom. The third-order valence-corrected chi connectivity index (χ3v) is 5.16. The number of unbranched alkanes of at least 4 members (excludes halogenated alkanes) is 2. The number of thiocarbonyl (C=S) groups is 1. The average molecular weight is 445 g/mol. The van der Waals surface area contributed by atoms with Crippen molar-refractivity contribution in [3.63, 3.8) is 0 Å². The first-order valence-electron chi connectivity index (χ1n) is 9.47. The van der Waals surface area contributed by atoms with Crippen LogP contribution in [0.25, 0.3) is 10.6 Å². The molecule has 2 aromatic heterocycles. The van der Waals surface area contributed by atoms with Crippen molar-refractivity contribution in [1.82, 2.24) is 15.3 Å². The molecule has 1 aromatic carbocycles. The Balaban J connectivity index is 1.54. The molecule has 3 aromatic rings. The van der Waals surface area contributed by atoms with Crippen LogP contribution in [-0.2, 0) is 0 Å². The summed E-state index contributed by atoms with van der Waals surface area (Å²) in [5, 5.41) is 7.72. The van der Waals surface area contributed by atoms with E-state index < -0.39 is 11.7 Å². The number of aromatic nitrogens is 2. The lowest BCUT2D eigenvalue weighted by atomic mass is 10.2. The summed E-state index contributed by atoms with van der Waals surface area (Å²) in [5.74, 6) is -0.751. The van der Waals surface area contributed by atoms with E-state index in [2.05, 4.69) is 27.5 Å². The molecule has 0 bridgehead atoms. The van der Waals surface area contributed by atoms with Gasteiger partial charge in [0.2, 0.25) is 0 Å². The number of ether oxygens (including phenoxy) is 1. The summed E-state index contributed by atoms with van der Waals surface area (Å²) in [6.45, 7) is 2.57. The molecule has 0 fully saturated rings. The van der Waals surface area contributed by atoms with E-state index in [9.17, 15) is 9.18 Å². The van der Waals surface area contributed by atoms with Crippen LogP contribution in [-0.4, -0.2) is 27.6 Å². The maximum atomic E-state index is 14.2. The second-order valence-electron chi connectivity index (χ2n) is 6.39. The summed E-state index contributed by atoms with van der Waals surface area (Å²) in [6, 6.07) is 8.12. The van der Waals surface area contributed by atoms with Crippen molar-refractivity contribution in [3.8, 4) is 16.3 Å². The molecule has 3 rings (SSSR count). The van der Waals surface area contributed by atoms with Crippen molar-refractivity contribution in [3.05, 3.63) is 59.6 Å². The van der Waals surface area contributed by atoms with Gasteiger partial charge in [0.15, 0.2) is 16.7 Å². The van der Waals surface area contributed by atoms with Gasteiger partial charge in [0.05, 0.1) is 6.61 Å². The van der Waals surface area contributed by atoms with E-state index in [4.69, 9.17) is 17.0 Å². The first-order chi connectivity index (χ1) is 14.6. The Morgan fingerprint density at radius 3 is 2.90 bits per heavy atom. The van der Waals surface area contributed by atoms with E-state index in [0.29, 0.717) is 17.3 Å². The molecular weight excluding hydrogens is 423 g/mol. The Morgan fingerprint density at radius 1 is 1.30 bits per heavy atom. The SMILES string of the molecule is CCCCCOc1ccc(NC(=S)NC(=O)c2csc(-c3cccnc3)n2)cc1F. The van der Waals surface area contributed by atoms with Gasteiger partial charge in [-0.3, -0.25) is 15.1 Å². The molecule has 0 saturated heterocycles. The van der Waals surface area contributed by atoms with Gasteiger partial charge in [-0.15, -0.1) is 11.3 Å². The van der Waals surface area contributed by atoms with Gasteiger partial charge in [-0.25, -0.2) is 9.37 Å². The summed E-state index contributed by atoms with van der Waals surface area (Å²) < 4.78 is 19.6. The summed E-state index contributed by atoms with van der Waals surface area (Å²) in [7, 11) is 0. The lowest BCUT2D eigenvalue weighted by molar-refractivity contribution is 0.0973. The second kappa shape index (κ2) is 10.7. The van der Waals surface area contributed by atoms with Gasteiger partial charge in [0.1, 0.15) is 10.7 Å². The van der Waals surface area contributed by atoms with Gasteiger partial charge >= 0.3 is 0 Å². The van der Waals surface area contributed by atoms with E-state index in [-0.39, 0.29) is 16.6 Å². The predicted molar refractivity (Wildman–Crippen MR) is 120 cm³/mol. The van der Waals surface area contributed by atoms with Crippen LogP contribution in [0.2, 0.25) is 0 Å². The molecule has 0 radical (unpaired) electrons. The fourth-order valence-corrected chi connectivity index (χ4v) is 3.56. The highest BCUT2D eigenvalue weighted by molar-refractivity contribution is 7.80. The molecule has 0 aliphatic rings. The molecular formula is C21H21FN4O2S2. The van der Waals surface area contributed by atoms with Crippen molar-refractivity contribution in [2.24, 2.45) is 0 Å². The normalized spacial score (nSPS) is 10.5. The van der Waals surface area contributed by atoms with Crippen LogP contribution in [0.5, 0.6) is 5.75 Å². The van der Waals surface area contributed by atoms with Gasteiger partial charge < -0.3 is 10.1 Å². The van der Waals surface area contributed by atoms with Gasteiger partial charge in [-0.2, -0.15) is 0 Å². The number of nitrogens with one attached hydrogen (secondary N) is 2. The molecule has 0 atom stereocenters. The largest absolute Gasteiger partial charge is 0.491 e. The van der Waals surface area contributed by atoms with E-state index in [1.54, 1.807) is 29.9 Å². The number of halogens is 1. The number of anilines is 1. The van der Waals surface area contributed by atoms with E-state index in [1.807, 2.05) is 6.07 Å². The van der Waals surface area contributed by atoms with Crippen LogP contribution >= 0.6 is 23.6 Å². The Labute approximate surface area is 183 Å². The fourth-order valence-electron chi connectivity index (χ4n) is 2.56. The van der Waals surface area contributed by atoms with Crippen LogP contribution in [0.15, 0.2) is 48.1 Å². The number of hydrogen-bond acceptors (Lipinski definition) is 6. The highest BCUT2D eigenvalue weighted by atomic mass is 32.1. The maximum Gasteiger partial charge on any atom is 0.276 e. The third-order valence-electron chi connectivity index (χ3n) is 4.07. The fraction of sp³-hybridized carbons (Fsp3) is 0.238. The first-order valence-corrected chi connectivity index (χ1v) is 10.8. The average Bonchev–Trinajstić information content (AvgIpc) is 3.23. The lowest BCUT2D eigenvalue weighted by Crippen LogP contribution is -2.34. The number of rotatable bonds is 8. The zero-order valence-electron chi connectivity index (χ0n) is 16.4. The summed E-state index contributed by atoms with van der Waals surface area (Å²) in [5.41, 5.74) is 1.48. The maximum absolute atomic E-state index is 14.2. The van der Waals surface area contributed by atoms with Crippen LogP contribution in [0, 0.1) is 5.82 Å². The number of carbonyl (C=O) groups is 1.